The van der Waals surface area contributed by atoms with Gasteiger partial charge in [0, 0.05) is 23.4 Å². The summed E-state index contributed by atoms with van der Waals surface area (Å²) in [5, 5.41) is 12.2. The van der Waals surface area contributed by atoms with Crippen molar-refractivity contribution in [2.24, 2.45) is 5.92 Å². The topological polar surface area (TPSA) is 113 Å². The van der Waals surface area contributed by atoms with Gasteiger partial charge in [-0.2, -0.15) is 4.98 Å². The average molecular weight is 348 g/mol. The molecule has 8 nitrogen and oxygen atoms in total. The molecule has 1 fully saturated rings. The lowest BCUT2D eigenvalue weighted by atomic mass is 10.2. The third kappa shape index (κ3) is 3.59. The zero-order valence-corrected chi connectivity index (χ0v) is 13.8. The van der Waals surface area contributed by atoms with Crippen LogP contribution >= 0.6 is 0 Å². The molecule has 1 saturated carbocycles. The van der Waals surface area contributed by atoms with E-state index >= 15 is 0 Å². The van der Waals surface area contributed by atoms with Crippen LogP contribution in [0.1, 0.15) is 23.2 Å². The molecule has 2 heterocycles. The van der Waals surface area contributed by atoms with Crippen molar-refractivity contribution in [3.63, 3.8) is 0 Å². The number of H-pyrrole nitrogens is 1. The number of aromatic nitrogens is 4. The average Bonchev–Trinajstić information content (AvgIpc) is 3.42. The predicted molar refractivity (Wildman–Crippen MR) is 95.4 cm³/mol. The summed E-state index contributed by atoms with van der Waals surface area (Å²) in [5.41, 5.74) is 1.63. The van der Waals surface area contributed by atoms with Crippen LogP contribution in [0.15, 0.2) is 48.7 Å². The van der Waals surface area contributed by atoms with E-state index in [1.165, 1.54) is 0 Å². The van der Waals surface area contributed by atoms with Crippen molar-refractivity contribution in [1.29, 1.82) is 0 Å². The lowest BCUT2D eigenvalue weighted by molar-refractivity contribution is -0.117. The molecule has 0 bridgehead atoms. The van der Waals surface area contributed by atoms with Gasteiger partial charge in [0.15, 0.2) is 5.82 Å². The van der Waals surface area contributed by atoms with Crippen LogP contribution in [0.2, 0.25) is 0 Å². The maximum absolute atomic E-state index is 12.4. The number of carbonyl (C=O) groups is 2. The van der Waals surface area contributed by atoms with Gasteiger partial charge in [0.25, 0.3) is 5.91 Å². The Morgan fingerprint density at radius 2 is 1.96 bits per heavy atom. The molecule has 1 aromatic carbocycles. The van der Waals surface area contributed by atoms with Gasteiger partial charge in [-0.05, 0) is 43.2 Å². The van der Waals surface area contributed by atoms with E-state index in [-0.39, 0.29) is 23.7 Å². The van der Waals surface area contributed by atoms with Crippen molar-refractivity contribution in [2.75, 3.05) is 10.6 Å². The number of pyridine rings is 1. The maximum Gasteiger partial charge on any atom is 0.258 e. The largest absolute Gasteiger partial charge is 0.326 e. The minimum Gasteiger partial charge on any atom is -0.326 e. The predicted octanol–water partition coefficient (Wildman–Crippen LogP) is 2.47. The molecule has 130 valence electrons. The molecule has 0 aliphatic heterocycles. The van der Waals surface area contributed by atoms with Gasteiger partial charge in [0.1, 0.15) is 5.69 Å². The molecule has 26 heavy (non-hydrogen) atoms. The highest BCUT2D eigenvalue weighted by Crippen LogP contribution is 2.30. The number of anilines is 2. The monoisotopic (exact) mass is 348 g/mol. The molecule has 3 N–H and O–H groups in total. The molecule has 2 aromatic heterocycles. The Hall–Kier alpha value is -3.55. The summed E-state index contributed by atoms with van der Waals surface area (Å²) in [6.07, 6.45) is 3.50. The highest BCUT2D eigenvalue weighted by molar-refractivity contribution is 6.04. The lowest BCUT2D eigenvalue weighted by Gasteiger charge is -2.06. The summed E-state index contributed by atoms with van der Waals surface area (Å²) in [7, 11) is 0. The molecule has 0 saturated heterocycles. The first kappa shape index (κ1) is 15.9. The molecule has 3 aromatic rings. The van der Waals surface area contributed by atoms with E-state index < -0.39 is 0 Å². The number of hydrogen-bond donors (Lipinski definition) is 3. The Bertz CT molecular complexity index is 949. The van der Waals surface area contributed by atoms with Crippen LogP contribution in [0.5, 0.6) is 0 Å². The van der Waals surface area contributed by atoms with Crippen LogP contribution in [-0.4, -0.2) is 32.0 Å². The summed E-state index contributed by atoms with van der Waals surface area (Å²) in [6, 6.07) is 12.2. The number of carbonyl (C=O) groups excluding carboxylic acids is 2. The summed E-state index contributed by atoms with van der Waals surface area (Å²) in [4.78, 5) is 32.6. The fourth-order valence-corrected chi connectivity index (χ4v) is 2.44. The minimum atomic E-state index is -0.362. The first-order valence-corrected chi connectivity index (χ1v) is 8.25. The highest BCUT2D eigenvalue weighted by atomic mass is 16.2. The number of hydrogen-bond acceptors (Lipinski definition) is 5. The molecular formula is C18H16N6O2. The Balaban J connectivity index is 1.45. The molecule has 4 rings (SSSR count). The second-order valence-electron chi connectivity index (χ2n) is 6.02. The Morgan fingerprint density at radius 3 is 2.73 bits per heavy atom. The van der Waals surface area contributed by atoms with Crippen LogP contribution < -0.4 is 10.6 Å². The van der Waals surface area contributed by atoms with E-state index in [2.05, 4.69) is 30.8 Å². The van der Waals surface area contributed by atoms with Gasteiger partial charge in [-0.3, -0.25) is 25.0 Å². The normalized spacial score (nSPS) is 13.2. The van der Waals surface area contributed by atoms with Crippen molar-refractivity contribution in [1.82, 2.24) is 20.2 Å². The number of aromatic amines is 1. The van der Waals surface area contributed by atoms with Crippen molar-refractivity contribution in [3.8, 4) is 11.5 Å². The fourth-order valence-electron chi connectivity index (χ4n) is 2.44. The third-order valence-electron chi connectivity index (χ3n) is 3.96. The van der Waals surface area contributed by atoms with E-state index in [1.54, 1.807) is 42.6 Å². The van der Waals surface area contributed by atoms with Gasteiger partial charge in [0.2, 0.25) is 11.9 Å². The number of nitrogens with zero attached hydrogens (tertiary/aromatic N) is 3. The molecule has 1 aliphatic carbocycles. The number of amides is 2. The number of rotatable bonds is 5. The van der Waals surface area contributed by atoms with E-state index in [4.69, 9.17) is 0 Å². The first-order valence-electron chi connectivity index (χ1n) is 8.25. The summed E-state index contributed by atoms with van der Waals surface area (Å²) >= 11 is 0. The Labute approximate surface area is 149 Å². The summed E-state index contributed by atoms with van der Waals surface area (Å²) in [6.45, 7) is 0. The van der Waals surface area contributed by atoms with Gasteiger partial charge in [-0.15, -0.1) is 5.10 Å². The SMILES string of the molecule is O=C(Nc1n[nH]c(-c2ccccn2)n1)c1cccc(NC(=O)C2CC2)c1. The van der Waals surface area contributed by atoms with Gasteiger partial charge < -0.3 is 5.32 Å². The second kappa shape index (κ2) is 6.75. The van der Waals surface area contributed by atoms with Crippen LogP contribution in [0.3, 0.4) is 0 Å². The van der Waals surface area contributed by atoms with Crippen molar-refractivity contribution < 1.29 is 9.59 Å². The van der Waals surface area contributed by atoms with Crippen LogP contribution in [0, 0.1) is 5.92 Å². The van der Waals surface area contributed by atoms with Crippen molar-refractivity contribution in [3.05, 3.63) is 54.2 Å². The zero-order chi connectivity index (χ0) is 17.9. The van der Waals surface area contributed by atoms with Crippen molar-refractivity contribution in [2.45, 2.75) is 12.8 Å². The standard InChI is InChI=1S/C18H16N6O2/c25-16(11-7-8-11)20-13-5-3-4-12(10-13)17(26)22-18-21-15(23-24-18)14-6-1-2-9-19-14/h1-6,9-11H,7-8H2,(H,20,25)(H2,21,22,23,24,26). The third-order valence-corrected chi connectivity index (χ3v) is 3.96. The number of benzene rings is 1. The molecular weight excluding hydrogens is 332 g/mol. The minimum absolute atomic E-state index is 0.00321. The number of nitrogens with one attached hydrogen (secondary N) is 3. The summed E-state index contributed by atoms with van der Waals surface area (Å²) in [5.74, 6) is 0.357. The van der Waals surface area contributed by atoms with Crippen molar-refractivity contribution >= 4 is 23.5 Å². The first-order chi connectivity index (χ1) is 12.7. The Kier molecular flexibility index (Phi) is 4.14. The van der Waals surface area contributed by atoms with E-state index in [0.29, 0.717) is 22.8 Å². The van der Waals surface area contributed by atoms with E-state index in [9.17, 15) is 9.59 Å². The molecule has 1 aliphatic rings. The van der Waals surface area contributed by atoms with E-state index in [1.807, 2.05) is 6.07 Å². The van der Waals surface area contributed by atoms with Gasteiger partial charge in [0.05, 0.1) is 0 Å². The second-order valence-corrected chi connectivity index (χ2v) is 6.02. The molecule has 8 heteroatoms. The van der Waals surface area contributed by atoms with Crippen LogP contribution in [-0.2, 0) is 4.79 Å². The summed E-state index contributed by atoms with van der Waals surface area (Å²) < 4.78 is 0. The van der Waals surface area contributed by atoms with E-state index in [0.717, 1.165) is 12.8 Å². The molecule has 0 unspecified atom stereocenters. The maximum atomic E-state index is 12.4. The lowest BCUT2D eigenvalue weighted by Crippen LogP contribution is -2.16. The Morgan fingerprint density at radius 1 is 1.08 bits per heavy atom. The van der Waals surface area contributed by atoms with Gasteiger partial charge in [-0.25, -0.2) is 0 Å². The van der Waals surface area contributed by atoms with Crippen LogP contribution in [0.25, 0.3) is 11.5 Å². The molecule has 2 amide bonds. The van der Waals surface area contributed by atoms with Crippen LogP contribution in [0.4, 0.5) is 11.6 Å². The molecule has 0 radical (unpaired) electrons. The molecule has 0 spiro atoms. The molecule has 0 atom stereocenters. The zero-order valence-electron chi connectivity index (χ0n) is 13.8. The highest BCUT2D eigenvalue weighted by Gasteiger charge is 2.29. The smallest absolute Gasteiger partial charge is 0.258 e. The van der Waals surface area contributed by atoms with Gasteiger partial charge >= 0.3 is 0 Å². The van der Waals surface area contributed by atoms with Gasteiger partial charge in [-0.1, -0.05) is 12.1 Å². The fraction of sp³-hybridized carbons (Fsp3) is 0.167. The quantitative estimate of drug-likeness (QED) is 0.655.